The topological polar surface area (TPSA) is 78.9 Å². The number of carbonyl (C=O) groups excluding carboxylic acids is 3. The summed E-state index contributed by atoms with van der Waals surface area (Å²) in [5, 5.41) is 0. The number of hydrogen-bond donors (Lipinski definition) is 0. The van der Waals surface area contributed by atoms with Gasteiger partial charge < -0.3 is 14.2 Å². The number of carbonyl (C=O) groups is 3. The normalized spacial score (nSPS) is 12.2. The average Bonchev–Trinajstić information content (AvgIpc) is 3.16. The summed E-state index contributed by atoms with van der Waals surface area (Å²) in [4.78, 5) is 37.9. The molecular weight excluding hydrogens is 709 g/mol. The van der Waals surface area contributed by atoms with E-state index >= 15 is 0 Å². The molecule has 0 fully saturated rings. The third-order valence-corrected chi connectivity index (χ3v) is 11.4. The minimum atomic E-state index is -0.762. The van der Waals surface area contributed by atoms with E-state index in [1.165, 1.54) is 154 Å². The Bertz CT molecular complexity index is 883. The fraction of sp³-hybridized carbons (Fsp3) is 0.941. The summed E-state index contributed by atoms with van der Waals surface area (Å²) in [6.07, 6.45) is 41.0. The molecule has 338 valence electrons. The van der Waals surface area contributed by atoms with Crippen molar-refractivity contribution in [3.8, 4) is 0 Å². The molecule has 0 aromatic rings. The van der Waals surface area contributed by atoms with Crippen LogP contribution in [0.4, 0.5) is 0 Å². The molecule has 0 bridgehead atoms. The quantitative estimate of drug-likeness (QED) is 0.0347. The molecule has 0 saturated carbocycles. The van der Waals surface area contributed by atoms with Gasteiger partial charge in [-0.05, 0) is 37.0 Å². The lowest BCUT2D eigenvalue weighted by Crippen LogP contribution is -2.30. The molecule has 1 atom stereocenters. The monoisotopic (exact) mass is 807 g/mol. The first-order valence-electron chi connectivity index (χ1n) is 25.1. The molecule has 0 aromatic carbocycles. The summed E-state index contributed by atoms with van der Waals surface area (Å²) in [5.74, 6) is 1.58. The number of esters is 3. The first-order chi connectivity index (χ1) is 27.6. The van der Waals surface area contributed by atoms with E-state index in [0.29, 0.717) is 19.3 Å². The van der Waals surface area contributed by atoms with Gasteiger partial charge in [0.25, 0.3) is 0 Å². The highest BCUT2D eigenvalue weighted by Gasteiger charge is 2.19. The van der Waals surface area contributed by atoms with Crippen LogP contribution in [-0.2, 0) is 28.6 Å². The Labute approximate surface area is 355 Å². The van der Waals surface area contributed by atoms with E-state index in [0.717, 1.165) is 75.5 Å². The van der Waals surface area contributed by atoms with Crippen molar-refractivity contribution in [3.63, 3.8) is 0 Å². The number of rotatable bonds is 44. The summed E-state index contributed by atoms with van der Waals surface area (Å²) in [5.41, 5.74) is 0. The van der Waals surface area contributed by atoms with E-state index in [-0.39, 0.29) is 31.1 Å². The van der Waals surface area contributed by atoms with Gasteiger partial charge >= 0.3 is 17.9 Å². The lowest BCUT2D eigenvalue weighted by molar-refractivity contribution is -0.167. The Morgan fingerprint density at radius 3 is 0.754 bits per heavy atom. The van der Waals surface area contributed by atoms with Gasteiger partial charge in [0.05, 0.1) is 0 Å². The van der Waals surface area contributed by atoms with Gasteiger partial charge in [0, 0.05) is 19.3 Å². The molecule has 0 saturated heterocycles. The predicted molar refractivity (Wildman–Crippen MR) is 243 cm³/mol. The average molecular weight is 807 g/mol. The number of ether oxygens (including phenoxy) is 3. The van der Waals surface area contributed by atoms with Crippen molar-refractivity contribution >= 4 is 17.9 Å². The maximum atomic E-state index is 12.7. The van der Waals surface area contributed by atoms with Crippen LogP contribution in [-0.4, -0.2) is 37.2 Å². The van der Waals surface area contributed by atoms with Gasteiger partial charge in [0.2, 0.25) is 0 Å². The fourth-order valence-corrected chi connectivity index (χ4v) is 7.59. The second kappa shape index (κ2) is 42.5. The largest absolute Gasteiger partial charge is 0.462 e. The standard InChI is InChI=1S/C51H98O6/c1-45(2)37-31-25-19-13-10-8-7-9-11-15-22-28-34-40-49(52)55-43-48(44-56-50(53)41-35-29-23-18-17-21-27-33-39-47(5)6)57-51(54)42-36-30-24-16-12-14-20-26-32-38-46(3)4/h45-48H,7-44H2,1-6H3/t48-/m1/s1. The van der Waals surface area contributed by atoms with Crippen LogP contribution in [0.25, 0.3) is 0 Å². The molecule has 57 heavy (non-hydrogen) atoms. The zero-order valence-electron chi connectivity index (χ0n) is 39.1. The van der Waals surface area contributed by atoms with Crippen LogP contribution in [0.15, 0.2) is 0 Å². The molecule has 0 aliphatic rings. The molecule has 0 heterocycles. The van der Waals surface area contributed by atoms with Crippen molar-refractivity contribution < 1.29 is 28.6 Å². The van der Waals surface area contributed by atoms with Crippen LogP contribution < -0.4 is 0 Å². The molecule has 0 radical (unpaired) electrons. The summed E-state index contributed by atoms with van der Waals surface area (Å²) in [6.45, 7) is 13.7. The third kappa shape index (κ3) is 45.3. The second-order valence-corrected chi connectivity index (χ2v) is 18.9. The number of unbranched alkanes of at least 4 members (excludes halogenated alkanes) is 27. The Hall–Kier alpha value is -1.59. The molecular formula is C51H98O6. The Morgan fingerprint density at radius 2 is 0.509 bits per heavy atom. The Morgan fingerprint density at radius 1 is 0.298 bits per heavy atom. The summed E-state index contributed by atoms with van der Waals surface area (Å²) in [7, 11) is 0. The van der Waals surface area contributed by atoms with Crippen molar-refractivity contribution in [1.29, 1.82) is 0 Å². The van der Waals surface area contributed by atoms with Gasteiger partial charge in [0.15, 0.2) is 6.10 Å². The maximum absolute atomic E-state index is 12.7. The minimum absolute atomic E-state index is 0.0653. The van der Waals surface area contributed by atoms with Crippen molar-refractivity contribution in [2.24, 2.45) is 17.8 Å². The molecule has 6 nitrogen and oxygen atoms in total. The summed E-state index contributed by atoms with van der Waals surface area (Å²) < 4.78 is 16.8. The number of hydrogen-bond acceptors (Lipinski definition) is 6. The first-order valence-corrected chi connectivity index (χ1v) is 25.1. The van der Waals surface area contributed by atoms with Gasteiger partial charge in [-0.1, -0.05) is 234 Å². The SMILES string of the molecule is CC(C)CCCCCCCCCCCCCCCC(=O)OC[C@H](COC(=O)CCCCCCCCCCC(C)C)OC(=O)CCCCCCCCCCCC(C)C. The van der Waals surface area contributed by atoms with Crippen LogP contribution in [0.3, 0.4) is 0 Å². The van der Waals surface area contributed by atoms with Gasteiger partial charge in [-0.15, -0.1) is 0 Å². The van der Waals surface area contributed by atoms with Crippen molar-refractivity contribution in [2.45, 2.75) is 279 Å². The zero-order chi connectivity index (χ0) is 42.0. The predicted octanol–water partition coefficient (Wildman–Crippen LogP) is 16.0. The van der Waals surface area contributed by atoms with Crippen LogP contribution in [0.2, 0.25) is 0 Å². The van der Waals surface area contributed by atoms with E-state index in [1.54, 1.807) is 0 Å². The van der Waals surface area contributed by atoms with Gasteiger partial charge in [0.1, 0.15) is 13.2 Å². The molecule has 0 aliphatic heterocycles. The van der Waals surface area contributed by atoms with E-state index in [9.17, 15) is 14.4 Å². The Balaban J connectivity index is 4.30. The maximum Gasteiger partial charge on any atom is 0.306 e. The van der Waals surface area contributed by atoms with Crippen LogP contribution >= 0.6 is 0 Å². The molecule has 0 rings (SSSR count). The Kier molecular flexibility index (Phi) is 41.3. The molecule has 0 unspecified atom stereocenters. The highest BCUT2D eigenvalue weighted by atomic mass is 16.6. The molecule has 0 spiro atoms. The van der Waals surface area contributed by atoms with E-state index in [4.69, 9.17) is 14.2 Å². The van der Waals surface area contributed by atoms with Crippen LogP contribution in [0.1, 0.15) is 273 Å². The van der Waals surface area contributed by atoms with Gasteiger partial charge in [-0.25, -0.2) is 0 Å². The van der Waals surface area contributed by atoms with Gasteiger partial charge in [-0.2, -0.15) is 0 Å². The fourth-order valence-electron chi connectivity index (χ4n) is 7.59. The molecule has 0 amide bonds. The van der Waals surface area contributed by atoms with E-state index in [2.05, 4.69) is 41.5 Å². The van der Waals surface area contributed by atoms with Crippen molar-refractivity contribution in [1.82, 2.24) is 0 Å². The van der Waals surface area contributed by atoms with Crippen LogP contribution in [0.5, 0.6) is 0 Å². The first kappa shape index (κ1) is 55.4. The second-order valence-electron chi connectivity index (χ2n) is 18.9. The van der Waals surface area contributed by atoms with Crippen molar-refractivity contribution in [3.05, 3.63) is 0 Å². The van der Waals surface area contributed by atoms with Gasteiger partial charge in [-0.3, -0.25) is 14.4 Å². The summed E-state index contributed by atoms with van der Waals surface area (Å²) >= 11 is 0. The lowest BCUT2D eigenvalue weighted by atomic mass is 10.0. The zero-order valence-corrected chi connectivity index (χ0v) is 39.1. The van der Waals surface area contributed by atoms with Crippen LogP contribution in [0, 0.1) is 17.8 Å². The summed E-state index contributed by atoms with van der Waals surface area (Å²) in [6, 6.07) is 0. The molecule has 6 heteroatoms. The minimum Gasteiger partial charge on any atom is -0.462 e. The third-order valence-electron chi connectivity index (χ3n) is 11.4. The lowest BCUT2D eigenvalue weighted by Gasteiger charge is -2.18. The van der Waals surface area contributed by atoms with E-state index in [1.807, 2.05) is 0 Å². The highest BCUT2D eigenvalue weighted by molar-refractivity contribution is 5.71. The highest BCUT2D eigenvalue weighted by Crippen LogP contribution is 2.17. The van der Waals surface area contributed by atoms with E-state index < -0.39 is 6.10 Å². The smallest absolute Gasteiger partial charge is 0.306 e. The van der Waals surface area contributed by atoms with Crippen molar-refractivity contribution in [2.75, 3.05) is 13.2 Å². The molecule has 0 aromatic heterocycles. The molecule has 0 N–H and O–H groups in total. The molecule has 0 aliphatic carbocycles.